The predicted octanol–water partition coefficient (Wildman–Crippen LogP) is 4.68. The molecule has 0 saturated carbocycles. The van der Waals surface area contributed by atoms with Gasteiger partial charge in [-0.3, -0.25) is 0 Å². The molecule has 0 bridgehead atoms. The molecule has 0 spiro atoms. The molecule has 22 heavy (non-hydrogen) atoms. The van der Waals surface area contributed by atoms with Crippen molar-refractivity contribution in [1.29, 1.82) is 0 Å². The lowest BCUT2D eigenvalue weighted by molar-refractivity contribution is 0.545. The van der Waals surface area contributed by atoms with E-state index in [0.717, 1.165) is 30.6 Å². The molecule has 1 atom stereocenters. The lowest BCUT2D eigenvalue weighted by Gasteiger charge is -2.23. The Bertz CT molecular complexity index is 671. The van der Waals surface area contributed by atoms with Crippen molar-refractivity contribution in [3.8, 4) is 5.69 Å². The summed E-state index contributed by atoms with van der Waals surface area (Å²) in [6, 6.07) is 5.57. The fourth-order valence-corrected chi connectivity index (χ4v) is 3.88. The Morgan fingerprint density at radius 2 is 1.95 bits per heavy atom. The number of hydrogen-bond acceptors (Lipinski definition) is 2. The Labute approximate surface area is 141 Å². The summed E-state index contributed by atoms with van der Waals surface area (Å²) in [5.74, 6) is 0.779. The Morgan fingerprint density at radius 3 is 2.55 bits per heavy atom. The summed E-state index contributed by atoms with van der Waals surface area (Å²) in [6.07, 6.45) is 3.31. The van der Waals surface area contributed by atoms with Crippen LogP contribution in [-0.4, -0.2) is 16.3 Å². The molecule has 1 heterocycles. The van der Waals surface area contributed by atoms with E-state index in [4.69, 9.17) is 34.0 Å². The van der Waals surface area contributed by atoms with Crippen molar-refractivity contribution in [1.82, 2.24) is 9.78 Å². The molecule has 3 rings (SSSR count). The van der Waals surface area contributed by atoms with Gasteiger partial charge in [0.15, 0.2) is 0 Å². The van der Waals surface area contributed by atoms with Gasteiger partial charge in [0, 0.05) is 21.3 Å². The predicted molar refractivity (Wildman–Crippen MR) is 92.4 cm³/mol. The number of rotatable bonds is 3. The van der Waals surface area contributed by atoms with Crippen molar-refractivity contribution in [2.24, 2.45) is 5.73 Å². The van der Waals surface area contributed by atoms with Crippen LogP contribution in [0.25, 0.3) is 5.69 Å². The molecule has 0 fully saturated rings. The van der Waals surface area contributed by atoms with Gasteiger partial charge >= 0.3 is 0 Å². The first-order valence-corrected chi connectivity index (χ1v) is 8.55. The van der Waals surface area contributed by atoms with Crippen LogP contribution >= 0.6 is 23.2 Å². The summed E-state index contributed by atoms with van der Waals surface area (Å²) < 4.78 is 2.02. The molecule has 2 N–H and O–H groups in total. The van der Waals surface area contributed by atoms with Gasteiger partial charge in [0.05, 0.1) is 11.4 Å². The van der Waals surface area contributed by atoms with Gasteiger partial charge in [-0.1, -0.05) is 37.0 Å². The zero-order valence-corrected chi connectivity index (χ0v) is 14.5. The third-order valence-corrected chi connectivity index (χ3v) is 4.78. The van der Waals surface area contributed by atoms with Crippen LogP contribution in [0.1, 0.15) is 55.5 Å². The minimum absolute atomic E-state index is 0.372. The highest BCUT2D eigenvalue weighted by Gasteiger charge is 2.29. The van der Waals surface area contributed by atoms with Crippen LogP contribution in [0.2, 0.25) is 10.0 Å². The van der Waals surface area contributed by atoms with E-state index < -0.39 is 0 Å². The van der Waals surface area contributed by atoms with E-state index in [0.29, 0.717) is 28.4 Å². The maximum atomic E-state index is 6.16. The number of nitrogens with zero attached hydrogens (tertiary/aromatic N) is 2. The van der Waals surface area contributed by atoms with Gasteiger partial charge in [-0.2, -0.15) is 5.10 Å². The van der Waals surface area contributed by atoms with Crippen molar-refractivity contribution >= 4 is 23.2 Å². The van der Waals surface area contributed by atoms with Gasteiger partial charge in [0.2, 0.25) is 0 Å². The molecular weight excluding hydrogens is 317 g/mol. The molecule has 1 aromatic heterocycles. The Hall–Kier alpha value is -1.03. The van der Waals surface area contributed by atoms with Crippen molar-refractivity contribution in [2.75, 3.05) is 6.54 Å². The van der Waals surface area contributed by atoms with E-state index in [2.05, 4.69) is 13.8 Å². The Kier molecular flexibility index (Phi) is 4.49. The first-order valence-electron chi connectivity index (χ1n) is 7.79. The molecule has 0 amide bonds. The summed E-state index contributed by atoms with van der Waals surface area (Å²) in [5.41, 5.74) is 10.7. The minimum atomic E-state index is 0.372. The number of halogens is 2. The molecule has 1 aliphatic rings. The first kappa shape index (κ1) is 15.9. The monoisotopic (exact) mass is 337 g/mol. The first-order chi connectivity index (χ1) is 10.5. The third kappa shape index (κ3) is 2.78. The average molecular weight is 338 g/mol. The Balaban J connectivity index is 2.20. The van der Waals surface area contributed by atoms with E-state index in [-0.39, 0.29) is 0 Å². The van der Waals surface area contributed by atoms with Crippen LogP contribution in [0.5, 0.6) is 0 Å². The summed E-state index contributed by atoms with van der Waals surface area (Å²) in [6.45, 7) is 5.04. The van der Waals surface area contributed by atoms with Gasteiger partial charge in [-0.05, 0) is 55.8 Å². The van der Waals surface area contributed by atoms with Crippen molar-refractivity contribution < 1.29 is 0 Å². The zero-order valence-electron chi connectivity index (χ0n) is 12.9. The molecule has 1 unspecified atom stereocenters. The van der Waals surface area contributed by atoms with Gasteiger partial charge in [0.25, 0.3) is 0 Å². The normalized spacial score (nSPS) is 17.8. The van der Waals surface area contributed by atoms with Gasteiger partial charge < -0.3 is 5.73 Å². The SMILES string of the molecule is CC(C)c1nn(-c2cc(Cl)cc(Cl)c2)c2c1C(CN)CCC2. The minimum Gasteiger partial charge on any atom is -0.330 e. The summed E-state index contributed by atoms with van der Waals surface area (Å²) in [5, 5.41) is 6.14. The van der Waals surface area contributed by atoms with Crippen LogP contribution in [0.4, 0.5) is 0 Å². The van der Waals surface area contributed by atoms with Crippen molar-refractivity contribution in [3.63, 3.8) is 0 Å². The highest BCUT2D eigenvalue weighted by atomic mass is 35.5. The van der Waals surface area contributed by atoms with E-state index in [1.54, 1.807) is 6.07 Å². The fourth-order valence-electron chi connectivity index (χ4n) is 3.37. The number of benzene rings is 1. The van der Waals surface area contributed by atoms with E-state index in [1.165, 1.54) is 11.3 Å². The van der Waals surface area contributed by atoms with Crippen LogP contribution < -0.4 is 5.73 Å². The summed E-state index contributed by atoms with van der Waals surface area (Å²) >= 11 is 12.3. The highest BCUT2D eigenvalue weighted by molar-refractivity contribution is 6.34. The van der Waals surface area contributed by atoms with Crippen LogP contribution in [0.15, 0.2) is 18.2 Å². The molecule has 0 radical (unpaired) electrons. The van der Waals surface area contributed by atoms with Gasteiger partial charge in [-0.15, -0.1) is 0 Å². The number of hydrogen-bond donors (Lipinski definition) is 1. The topological polar surface area (TPSA) is 43.8 Å². The summed E-state index contributed by atoms with van der Waals surface area (Å²) in [4.78, 5) is 0. The second-order valence-electron chi connectivity index (χ2n) is 6.26. The lowest BCUT2D eigenvalue weighted by atomic mass is 9.83. The van der Waals surface area contributed by atoms with Gasteiger partial charge in [-0.25, -0.2) is 4.68 Å². The van der Waals surface area contributed by atoms with Crippen molar-refractivity contribution in [2.45, 2.75) is 44.9 Å². The third-order valence-electron chi connectivity index (χ3n) is 4.35. The second-order valence-corrected chi connectivity index (χ2v) is 7.14. The molecule has 1 aliphatic carbocycles. The largest absolute Gasteiger partial charge is 0.330 e. The maximum Gasteiger partial charge on any atom is 0.0692 e. The molecule has 3 nitrogen and oxygen atoms in total. The second kappa shape index (κ2) is 6.23. The van der Waals surface area contributed by atoms with Crippen LogP contribution in [-0.2, 0) is 6.42 Å². The molecule has 118 valence electrons. The fraction of sp³-hybridized carbons (Fsp3) is 0.471. The maximum absolute atomic E-state index is 6.16. The molecular formula is C17H21Cl2N3. The van der Waals surface area contributed by atoms with E-state index in [9.17, 15) is 0 Å². The van der Waals surface area contributed by atoms with E-state index >= 15 is 0 Å². The number of nitrogens with two attached hydrogens (primary N) is 1. The average Bonchev–Trinajstić information content (AvgIpc) is 2.86. The number of fused-ring (bicyclic) bond motifs is 1. The van der Waals surface area contributed by atoms with E-state index in [1.807, 2.05) is 16.8 Å². The molecule has 5 heteroatoms. The lowest BCUT2D eigenvalue weighted by Crippen LogP contribution is -2.19. The quantitative estimate of drug-likeness (QED) is 0.883. The molecule has 2 aromatic rings. The molecule has 0 aliphatic heterocycles. The number of aromatic nitrogens is 2. The van der Waals surface area contributed by atoms with Gasteiger partial charge in [0.1, 0.15) is 0 Å². The highest BCUT2D eigenvalue weighted by Crippen LogP contribution is 2.38. The zero-order chi connectivity index (χ0) is 15.9. The summed E-state index contributed by atoms with van der Waals surface area (Å²) in [7, 11) is 0. The Morgan fingerprint density at radius 1 is 1.27 bits per heavy atom. The smallest absolute Gasteiger partial charge is 0.0692 e. The van der Waals surface area contributed by atoms with Crippen LogP contribution in [0.3, 0.4) is 0 Å². The standard InChI is InChI=1S/C17H21Cl2N3/c1-10(2)17-16-11(9-20)4-3-5-15(16)22(21-17)14-7-12(18)6-13(19)8-14/h6-8,10-11H,3-5,9,20H2,1-2H3. The molecule has 0 saturated heterocycles. The molecule has 1 aromatic carbocycles. The van der Waals surface area contributed by atoms with Crippen molar-refractivity contribution in [3.05, 3.63) is 45.2 Å². The van der Waals surface area contributed by atoms with Crippen LogP contribution in [0, 0.1) is 0 Å².